The van der Waals surface area contributed by atoms with Gasteiger partial charge in [0.1, 0.15) is 18.2 Å². The van der Waals surface area contributed by atoms with Crippen molar-refractivity contribution in [3.05, 3.63) is 74.7 Å². The van der Waals surface area contributed by atoms with Crippen molar-refractivity contribution in [1.82, 2.24) is 14.9 Å². The molecular formula is C17H15BrN4OS. The van der Waals surface area contributed by atoms with E-state index in [-0.39, 0.29) is 0 Å². The highest BCUT2D eigenvalue weighted by molar-refractivity contribution is 9.10. The number of ether oxygens (including phenoxy) is 1. The van der Waals surface area contributed by atoms with Gasteiger partial charge in [0, 0.05) is 0 Å². The van der Waals surface area contributed by atoms with Gasteiger partial charge in [-0.15, -0.1) is 0 Å². The van der Waals surface area contributed by atoms with Crippen molar-refractivity contribution in [3.8, 4) is 5.75 Å². The van der Waals surface area contributed by atoms with Gasteiger partial charge in [0.15, 0.2) is 0 Å². The Morgan fingerprint density at radius 1 is 1.29 bits per heavy atom. The number of aromatic nitrogens is 3. The molecule has 0 spiro atoms. The summed E-state index contributed by atoms with van der Waals surface area (Å²) in [6.07, 6.45) is 1.73. The molecule has 1 heterocycles. The van der Waals surface area contributed by atoms with Crippen LogP contribution in [0.15, 0.2) is 58.1 Å². The zero-order chi connectivity index (χ0) is 16.9. The number of aromatic amines is 1. The number of H-pyrrole nitrogens is 1. The van der Waals surface area contributed by atoms with Gasteiger partial charge in [-0.1, -0.05) is 30.3 Å². The highest BCUT2D eigenvalue weighted by Crippen LogP contribution is 2.26. The Kier molecular flexibility index (Phi) is 5.22. The van der Waals surface area contributed by atoms with Crippen LogP contribution in [0.25, 0.3) is 0 Å². The number of nitrogens with one attached hydrogen (secondary N) is 1. The second-order valence-corrected chi connectivity index (χ2v) is 6.34. The smallest absolute Gasteiger partial charge is 0.216 e. The standard InChI is InChI=1S/C17H15BrN4OS/c1-12-20-21-17(24)22(12)19-10-14-7-8-16(15(18)9-14)23-11-13-5-3-2-4-6-13/h2-10H,11H2,1H3,(H,21,24)/b19-10-. The molecule has 0 amide bonds. The van der Waals surface area contributed by atoms with Crippen LogP contribution in [0.3, 0.4) is 0 Å². The van der Waals surface area contributed by atoms with Crippen molar-refractivity contribution < 1.29 is 4.74 Å². The van der Waals surface area contributed by atoms with Crippen molar-refractivity contribution in [2.45, 2.75) is 13.5 Å². The molecule has 0 unspecified atom stereocenters. The number of benzene rings is 2. The van der Waals surface area contributed by atoms with Crippen LogP contribution >= 0.6 is 28.1 Å². The summed E-state index contributed by atoms with van der Waals surface area (Å²) in [7, 11) is 0. The fourth-order valence-electron chi connectivity index (χ4n) is 2.08. The third-order valence-corrected chi connectivity index (χ3v) is 4.21. The minimum absolute atomic E-state index is 0.464. The Bertz CT molecular complexity index is 918. The Labute approximate surface area is 153 Å². The molecule has 0 bridgehead atoms. The highest BCUT2D eigenvalue weighted by atomic mass is 79.9. The molecule has 0 radical (unpaired) electrons. The summed E-state index contributed by atoms with van der Waals surface area (Å²) in [5.74, 6) is 1.49. The van der Waals surface area contributed by atoms with Crippen molar-refractivity contribution in [3.63, 3.8) is 0 Å². The predicted octanol–water partition coefficient (Wildman–Crippen LogP) is 4.47. The topological polar surface area (TPSA) is 55.2 Å². The third-order valence-electron chi connectivity index (χ3n) is 3.33. The molecule has 7 heteroatoms. The quantitative estimate of drug-likeness (QED) is 0.505. The van der Waals surface area contributed by atoms with Crippen LogP contribution in [0, 0.1) is 11.7 Å². The summed E-state index contributed by atoms with van der Waals surface area (Å²) in [4.78, 5) is 0. The Morgan fingerprint density at radius 2 is 2.08 bits per heavy atom. The Hall–Kier alpha value is -2.25. The number of aryl methyl sites for hydroxylation is 1. The van der Waals surface area contributed by atoms with Gasteiger partial charge in [-0.2, -0.15) is 14.9 Å². The van der Waals surface area contributed by atoms with Crippen molar-refractivity contribution in [2.24, 2.45) is 5.10 Å². The molecule has 2 aromatic carbocycles. The van der Waals surface area contributed by atoms with E-state index in [1.54, 1.807) is 10.9 Å². The first-order valence-corrected chi connectivity index (χ1v) is 8.48. The van der Waals surface area contributed by atoms with Gasteiger partial charge in [-0.25, -0.2) is 0 Å². The van der Waals surface area contributed by atoms with E-state index < -0.39 is 0 Å². The average Bonchev–Trinajstić information content (AvgIpc) is 2.91. The molecule has 1 aromatic heterocycles. The average molecular weight is 403 g/mol. The summed E-state index contributed by atoms with van der Waals surface area (Å²) in [5, 5.41) is 11.0. The molecule has 0 aliphatic carbocycles. The molecule has 3 aromatic rings. The van der Waals surface area contributed by atoms with E-state index in [0.717, 1.165) is 21.3 Å². The highest BCUT2D eigenvalue weighted by Gasteiger charge is 2.03. The van der Waals surface area contributed by atoms with Gasteiger partial charge >= 0.3 is 0 Å². The van der Waals surface area contributed by atoms with Crippen LogP contribution in [0.4, 0.5) is 0 Å². The van der Waals surface area contributed by atoms with Crippen molar-refractivity contribution >= 4 is 34.4 Å². The maximum atomic E-state index is 5.84. The molecule has 0 saturated heterocycles. The van der Waals surface area contributed by atoms with Crippen LogP contribution in [-0.4, -0.2) is 21.1 Å². The monoisotopic (exact) mass is 402 g/mol. The lowest BCUT2D eigenvalue weighted by molar-refractivity contribution is 0.304. The first-order chi connectivity index (χ1) is 11.6. The van der Waals surface area contributed by atoms with Gasteiger partial charge in [-0.3, -0.25) is 5.10 Å². The molecular weight excluding hydrogens is 388 g/mol. The fourth-order valence-corrected chi connectivity index (χ4v) is 2.82. The minimum Gasteiger partial charge on any atom is -0.488 e. The number of halogens is 1. The summed E-state index contributed by atoms with van der Waals surface area (Å²) < 4.78 is 8.74. The van der Waals surface area contributed by atoms with Crippen molar-refractivity contribution in [1.29, 1.82) is 0 Å². The number of rotatable bonds is 5. The molecule has 0 aliphatic rings. The van der Waals surface area contributed by atoms with E-state index in [2.05, 4.69) is 31.2 Å². The number of nitrogens with zero attached hydrogens (tertiary/aromatic N) is 3. The molecule has 5 nitrogen and oxygen atoms in total. The van der Waals surface area contributed by atoms with E-state index in [4.69, 9.17) is 17.0 Å². The molecule has 0 saturated carbocycles. The van der Waals surface area contributed by atoms with Crippen LogP contribution in [0.2, 0.25) is 0 Å². The number of hydrogen-bond donors (Lipinski definition) is 1. The van der Waals surface area contributed by atoms with E-state index in [9.17, 15) is 0 Å². The summed E-state index contributed by atoms with van der Waals surface area (Å²) in [5.41, 5.74) is 2.05. The fraction of sp³-hybridized carbons (Fsp3) is 0.118. The molecule has 122 valence electrons. The van der Waals surface area contributed by atoms with Gasteiger partial charge in [0.05, 0.1) is 10.7 Å². The van der Waals surface area contributed by atoms with Gasteiger partial charge in [0.2, 0.25) is 4.77 Å². The normalized spacial score (nSPS) is 11.1. The zero-order valence-corrected chi connectivity index (χ0v) is 15.3. The lowest BCUT2D eigenvalue weighted by Crippen LogP contribution is -1.97. The summed E-state index contributed by atoms with van der Waals surface area (Å²) >= 11 is 8.65. The molecule has 1 N–H and O–H groups in total. The largest absolute Gasteiger partial charge is 0.488 e. The minimum atomic E-state index is 0.464. The lowest BCUT2D eigenvalue weighted by atomic mass is 10.2. The second-order valence-electron chi connectivity index (χ2n) is 5.10. The van der Waals surface area contributed by atoms with E-state index in [0.29, 0.717) is 17.2 Å². The van der Waals surface area contributed by atoms with Crippen LogP contribution in [0.5, 0.6) is 5.75 Å². The van der Waals surface area contributed by atoms with E-state index >= 15 is 0 Å². The SMILES string of the molecule is Cc1n[nH]c(=S)n1/N=C\c1ccc(OCc2ccccc2)c(Br)c1. The molecule has 24 heavy (non-hydrogen) atoms. The van der Waals surface area contributed by atoms with Crippen LogP contribution < -0.4 is 4.74 Å². The zero-order valence-electron chi connectivity index (χ0n) is 12.9. The van der Waals surface area contributed by atoms with E-state index in [1.165, 1.54) is 0 Å². The van der Waals surface area contributed by atoms with Gasteiger partial charge < -0.3 is 4.74 Å². The molecule has 0 fully saturated rings. The second kappa shape index (κ2) is 7.55. The summed E-state index contributed by atoms with van der Waals surface area (Å²) in [6, 6.07) is 15.8. The maximum Gasteiger partial charge on any atom is 0.216 e. The van der Waals surface area contributed by atoms with Gasteiger partial charge in [0.25, 0.3) is 0 Å². The van der Waals surface area contributed by atoms with Crippen LogP contribution in [-0.2, 0) is 6.61 Å². The van der Waals surface area contributed by atoms with Gasteiger partial charge in [-0.05, 0) is 64.4 Å². The third kappa shape index (κ3) is 3.98. The van der Waals surface area contributed by atoms with E-state index in [1.807, 2.05) is 55.5 Å². The molecule has 3 rings (SSSR count). The van der Waals surface area contributed by atoms with Crippen LogP contribution in [0.1, 0.15) is 17.0 Å². The predicted molar refractivity (Wildman–Crippen MR) is 100 cm³/mol. The Morgan fingerprint density at radius 3 is 2.75 bits per heavy atom. The lowest BCUT2D eigenvalue weighted by Gasteiger charge is -2.08. The summed E-state index contributed by atoms with van der Waals surface area (Å²) in [6.45, 7) is 2.36. The maximum absolute atomic E-state index is 5.84. The van der Waals surface area contributed by atoms with Crippen molar-refractivity contribution in [2.75, 3.05) is 0 Å². The number of hydrogen-bond acceptors (Lipinski definition) is 4. The Balaban J connectivity index is 1.72. The molecule has 0 atom stereocenters. The molecule has 0 aliphatic heterocycles. The first-order valence-electron chi connectivity index (χ1n) is 7.28. The first kappa shape index (κ1) is 16.6.